The Hall–Kier alpha value is -2.87. The van der Waals surface area contributed by atoms with E-state index in [-0.39, 0.29) is 17.9 Å². The molecule has 2 aromatic rings. The molecule has 4 rings (SSSR count). The van der Waals surface area contributed by atoms with Crippen LogP contribution in [0.5, 0.6) is 0 Å². The summed E-state index contributed by atoms with van der Waals surface area (Å²) in [5.41, 5.74) is 1.53. The summed E-state index contributed by atoms with van der Waals surface area (Å²) in [6.07, 6.45) is 4.94. The maximum atomic E-state index is 12.7. The molecule has 1 aromatic heterocycles. The minimum Gasteiger partial charge on any atom is -0.378 e. The van der Waals surface area contributed by atoms with Crippen molar-refractivity contribution in [1.82, 2.24) is 19.6 Å². The second-order valence-electron chi connectivity index (χ2n) is 7.10. The molecule has 0 unspecified atom stereocenters. The summed E-state index contributed by atoms with van der Waals surface area (Å²) in [5, 5.41) is 7.23. The van der Waals surface area contributed by atoms with Crippen LogP contribution in [0, 0.1) is 5.92 Å². The topological polar surface area (TPSA) is 79.7 Å². The van der Waals surface area contributed by atoms with Gasteiger partial charge in [-0.05, 0) is 31.0 Å². The molecule has 2 aliphatic heterocycles. The van der Waals surface area contributed by atoms with Gasteiger partial charge in [0.15, 0.2) is 0 Å². The number of rotatable bonds is 3. The lowest BCUT2D eigenvalue weighted by Gasteiger charge is -2.35. The van der Waals surface area contributed by atoms with E-state index in [2.05, 4.69) is 10.4 Å². The van der Waals surface area contributed by atoms with E-state index in [0.29, 0.717) is 57.9 Å². The molecule has 8 heteroatoms. The third-order valence-corrected chi connectivity index (χ3v) is 5.35. The fourth-order valence-corrected chi connectivity index (χ4v) is 3.76. The van der Waals surface area contributed by atoms with Crippen molar-refractivity contribution in [1.29, 1.82) is 0 Å². The van der Waals surface area contributed by atoms with Gasteiger partial charge in [-0.15, -0.1) is 0 Å². The number of amides is 3. The van der Waals surface area contributed by atoms with Crippen molar-refractivity contribution in [2.75, 3.05) is 44.7 Å². The number of piperidine rings is 1. The fourth-order valence-electron chi connectivity index (χ4n) is 3.76. The highest BCUT2D eigenvalue weighted by atomic mass is 16.5. The smallest absolute Gasteiger partial charge is 0.321 e. The third kappa shape index (κ3) is 4.01. The zero-order valence-electron chi connectivity index (χ0n) is 15.8. The molecule has 0 spiro atoms. The average Bonchev–Trinajstić information content (AvgIpc) is 3.29. The average molecular weight is 383 g/mol. The van der Waals surface area contributed by atoms with Crippen molar-refractivity contribution < 1.29 is 14.3 Å². The summed E-state index contributed by atoms with van der Waals surface area (Å²) in [7, 11) is 0. The molecule has 0 saturated carbocycles. The Labute approximate surface area is 164 Å². The van der Waals surface area contributed by atoms with Gasteiger partial charge in [0.1, 0.15) is 0 Å². The molecule has 0 bridgehead atoms. The second kappa shape index (κ2) is 8.43. The van der Waals surface area contributed by atoms with Gasteiger partial charge in [-0.3, -0.25) is 4.79 Å². The molecular formula is C20H25N5O3. The minimum absolute atomic E-state index is 0.00138. The number of carbonyl (C=O) groups is 2. The highest BCUT2D eigenvalue weighted by Gasteiger charge is 2.31. The number of benzene rings is 1. The molecule has 2 fully saturated rings. The highest BCUT2D eigenvalue weighted by Crippen LogP contribution is 2.23. The monoisotopic (exact) mass is 383 g/mol. The van der Waals surface area contributed by atoms with Gasteiger partial charge in [0.05, 0.1) is 24.6 Å². The summed E-state index contributed by atoms with van der Waals surface area (Å²) in [6, 6.07) is 9.27. The number of carbonyl (C=O) groups excluding carboxylic acids is 2. The first-order chi connectivity index (χ1) is 13.7. The van der Waals surface area contributed by atoms with Crippen LogP contribution in [0.15, 0.2) is 42.7 Å². The zero-order chi connectivity index (χ0) is 19.3. The van der Waals surface area contributed by atoms with Gasteiger partial charge >= 0.3 is 6.03 Å². The van der Waals surface area contributed by atoms with Crippen LogP contribution in [0.25, 0.3) is 5.69 Å². The van der Waals surface area contributed by atoms with Crippen molar-refractivity contribution >= 4 is 17.6 Å². The normalized spacial score (nSPS) is 18.1. The van der Waals surface area contributed by atoms with Gasteiger partial charge in [0.2, 0.25) is 5.91 Å². The first-order valence-electron chi connectivity index (χ1n) is 9.74. The van der Waals surface area contributed by atoms with Crippen molar-refractivity contribution in [2.45, 2.75) is 12.8 Å². The Bertz CT molecular complexity index is 809. The Kier molecular flexibility index (Phi) is 5.57. The van der Waals surface area contributed by atoms with Crippen molar-refractivity contribution in [3.8, 4) is 5.69 Å². The van der Waals surface area contributed by atoms with Gasteiger partial charge in [-0.25, -0.2) is 9.48 Å². The maximum absolute atomic E-state index is 12.7. The molecule has 1 aromatic carbocycles. The quantitative estimate of drug-likeness (QED) is 0.879. The van der Waals surface area contributed by atoms with Crippen LogP contribution < -0.4 is 5.32 Å². The second-order valence-corrected chi connectivity index (χ2v) is 7.10. The molecule has 0 aliphatic carbocycles. The molecule has 148 valence electrons. The SMILES string of the molecule is O=C(Nc1ccccc1-n1cccn1)N1CCC(C(=O)N2CCOCC2)CC1. The molecule has 1 N–H and O–H groups in total. The van der Waals surface area contributed by atoms with Crippen LogP contribution in [0.3, 0.4) is 0 Å². The molecule has 28 heavy (non-hydrogen) atoms. The molecule has 3 heterocycles. The predicted octanol–water partition coefficient (Wildman–Crippen LogP) is 1.97. The molecule has 2 saturated heterocycles. The minimum atomic E-state index is -0.142. The summed E-state index contributed by atoms with van der Waals surface area (Å²) >= 11 is 0. The van der Waals surface area contributed by atoms with E-state index in [1.165, 1.54) is 0 Å². The molecule has 8 nitrogen and oxygen atoms in total. The number of urea groups is 1. The zero-order valence-corrected chi connectivity index (χ0v) is 15.8. The van der Waals surface area contributed by atoms with E-state index >= 15 is 0 Å². The summed E-state index contributed by atoms with van der Waals surface area (Å²) in [6.45, 7) is 3.73. The Morgan fingerprint density at radius 2 is 1.75 bits per heavy atom. The van der Waals surface area contributed by atoms with Crippen molar-refractivity contribution in [3.05, 3.63) is 42.7 Å². The summed E-state index contributed by atoms with van der Waals surface area (Å²) in [5.74, 6) is 0.200. The van der Waals surface area contributed by atoms with Crippen LogP contribution in [0.1, 0.15) is 12.8 Å². The summed E-state index contributed by atoms with van der Waals surface area (Å²) < 4.78 is 7.04. The predicted molar refractivity (Wildman–Crippen MR) is 104 cm³/mol. The van der Waals surface area contributed by atoms with E-state index in [4.69, 9.17) is 4.74 Å². The van der Waals surface area contributed by atoms with Crippen LogP contribution in [-0.4, -0.2) is 70.9 Å². The van der Waals surface area contributed by atoms with E-state index in [0.717, 1.165) is 5.69 Å². The maximum Gasteiger partial charge on any atom is 0.321 e. The van der Waals surface area contributed by atoms with E-state index in [9.17, 15) is 9.59 Å². The van der Waals surface area contributed by atoms with E-state index < -0.39 is 0 Å². The lowest BCUT2D eigenvalue weighted by molar-refractivity contribution is -0.140. The Morgan fingerprint density at radius 3 is 2.46 bits per heavy atom. The lowest BCUT2D eigenvalue weighted by atomic mass is 9.95. The number of hydrogen-bond donors (Lipinski definition) is 1. The van der Waals surface area contributed by atoms with Crippen molar-refractivity contribution in [2.24, 2.45) is 5.92 Å². The number of morpholine rings is 1. The third-order valence-electron chi connectivity index (χ3n) is 5.35. The Balaban J connectivity index is 1.34. The first-order valence-corrected chi connectivity index (χ1v) is 9.74. The van der Waals surface area contributed by atoms with E-state index in [1.54, 1.807) is 15.8 Å². The van der Waals surface area contributed by atoms with E-state index in [1.807, 2.05) is 41.4 Å². The van der Waals surface area contributed by atoms with Gasteiger partial charge in [-0.1, -0.05) is 12.1 Å². The van der Waals surface area contributed by atoms with Crippen molar-refractivity contribution in [3.63, 3.8) is 0 Å². The number of ether oxygens (including phenoxy) is 1. The number of nitrogens with one attached hydrogen (secondary N) is 1. The number of aromatic nitrogens is 2. The lowest BCUT2D eigenvalue weighted by Crippen LogP contribution is -2.48. The van der Waals surface area contributed by atoms with Crippen LogP contribution in [0.2, 0.25) is 0 Å². The van der Waals surface area contributed by atoms with Gasteiger partial charge in [-0.2, -0.15) is 5.10 Å². The highest BCUT2D eigenvalue weighted by molar-refractivity contribution is 5.91. The van der Waals surface area contributed by atoms with Crippen LogP contribution in [-0.2, 0) is 9.53 Å². The van der Waals surface area contributed by atoms with Gasteiger partial charge in [0, 0.05) is 44.5 Å². The number of nitrogens with zero attached hydrogens (tertiary/aromatic N) is 4. The largest absolute Gasteiger partial charge is 0.378 e. The molecule has 0 atom stereocenters. The number of para-hydroxylation sites is 2. The standard InChI is InChI=1S/C20H25N5O3/c26-19(23-12-14-28-15-13-23)16-6-10-24(11-7-16)20(27)22-17-4-1-2-5-18(17)25-9-3-8-21-25/h1-5,8-9,16H,6-7,10-15H2,(H,22,27). The number of anilines is 1. The van der Waals surface area contributed by atoms with Crippen LogP contribution in [0.4, 0.5) is 10.5 Å². The Morgan fingerprint density at radius 1 is 1.00 bits per heavy atom. The molecule has 3 amide bonds. The fraction of sp³-hybridized carbons (Fsp3) is 0.450. The van der Waals surface area contributed by atoms with Gasteiger partial charge < -0.3 is 19.9 Å². The molecular weight excluding hydrogens is 358 g/mol. The first kappa shape index (κ1) is 18.5. The number of hydrogen-bond acceptors (Lipinski definition) is 4. The molecule has 2 aliphatic rings. The van der Waals surface area contributed by atoms with Gasteiger partial charge in [0.25, 0.3) is 0 Å². The summed E-state index contributed by atoms with van der Waals surface area (Å²) in [4.78, 5) is 29.1. The van der Waals surface area contributed by atoms with Crippen LogP contribution >= 0.6 is 0 Å². The molecule has 0 radical (unpaired) electrons. The number of likely N-dealkylation sites (tertiary alicyclic amines) is 1.